The molecular weight excluding hydrogens is 356 g/mol. The van der Waals surface area contributed by atoms with Gasteiger partial charge >= 0.3 is 0 Å². The summed E-state index contributed by atoms with van der Waals surface area (Å²) in [5.74, 6) is 1.20. The second kappa shape index (κ2) is 8.02. The van der Waals surface area contributed by atoms with E-state index in [2.05, 4.69) is 5.32 Å². The highest BCUT2D eigenvalue weighted by molar-refractivity contribution is 8.00. The predicted octanol–water partition coefficient (Wildman–Crippen LogP) is 4.20. The molecule has 0 bridgehead atoms. The fraction of sp³-hybridized carbons (Fsp3) is 0.316. The highest BCUT2D eigenvalue weighted by atomic mass is 35.5. The standard InChI is InChI=1S/C19H22N2O2S.ClH/c1-19(2)11-16(15-10-13(20)8-9-17(15)23-19)21-18(22)12-24-14-6-4-3-5-7-14;/h3-10,16H,11-12,20H2,1-2H3,(H,21,22);1H. The highest BCUT2D eigenvalue weighted by Gasteiger charge is 2.34. The minimum Gasteiger partial charge on any atom is -0.487 e. The van der Waals surface area contributed by atoms with Crippen molar-refractivity contribution >= 4 is 35.8 Å². The van der Waals surface area contributed by atoms with E-state index in [-0.39, 0.29) is 30.0 Å². The summed E-state index contributed by atoms with van der Waals surface area (Å²) < 4.78 is 6.00. The number of rotatable bonds is 4. The summed E-state index contributed by atoms with van der Waals surface area (Å²) in [6.45, 7) is 4.06. The monoisotopic (exact) mass is 378 g/mol. The molecule has 0 radical (unpaired) electrons. The number of nitrogens with one attached hydrogen (secondary N) is 1. The Balaban J connectivity index is 0.00000225. The van der Waals surface area contributed by atoms with Crippen LogP contribution in [0.5, 0.6) is 5.75 Å². The number of thioether (sulfide) groups is 1. The number of nitrogens with two attached hydrogens (primary N) is 1. The zero-order valence-electron chi connectivity index (χ0n) is 14.3. The van der Waals surface area contributed by atoms with Crippen molar-refractivity contribution in [2.24, 2.45) is 0 Å². The van der Waals surface area contributed by atoms with Gasteiger partial charge < -0.3 is 15.8 Å². The van der Waals surface area contributed by atoms with E-state index in [9.17, 15) is 4.79 Å². The van der Waals surface area contributed by atoms with Gasteiger partial charge in [-0.25, -0.2) is 0 Å². The summed E-state index contributed by atoms with van der Waals surface area (Å²) >= 11 is 1.53. The number of carbonyl (C=O) groups excluding carboxylic acids is 1. The van der Waals surface area contributed by atoms with Crippen molar-refractivity contribution < 1.29 is 9.53 Å². The number of carbonyl (C=O) groups is 1. The van der Waals surface area contributed by atoms with Crippen molar-refractivity contribution in [1.29, 1.82) is 0 Å². The molecule has 4 nitrogen and oxygen atoms in total. The molecule has 3 rings (SSSR count). The Morgan fingerprint density at radius 1 is 1.28 bits per heavy atom. The first-order chi connectivity index (χ1) is 11.4. The molecule has 25 heavy (non-hydrogen) atoms. The smallest absolute Gasteiger partial charge is 0.230 e. The van der Waals surface area contributed by atoms with Crippen LogP contribution in [0.2, 0.25) is 0 Å². The topological polar surface area (TPSA) is 64.4 Å². The lowest BCUT2D eigenvalue weighted by molar-refractivity contribution is -0.119. The van der Waals surface area contributed by atoms with Crippen LogP contribution in [0.15, 0.2) is 53.4 Å². The molecule has 1 unspecified atom stereocenters. The minimum absolute atomic E-state index is 0. The van der Waals surface area contributed by atoms with E-state index in [0.29, 0.717) is 17.9 Å². The Morgan fingerprint density at radius 3 is 2.72 bits per heavy atom. The molecule has 1 aliphatic rings. The van der Waals surface area contributed by atoms with E-state index >= 15 is 0 Å². The maximum atomic E-state index is 12.4. The van der Waals surface area contributed by atoms with E-state index in [1.54, 1.807) is 0 Å². The third kappa shape index (κ3) is 5.06. The molecule has 2 aromatic carbocycles. The van der Waals surface area contributed by atoms with Crippen molar-refractivity contribution in [2.75, 3.05) is 11.5 Å². The predicted molar refractivity (Wildman–Crippen MR) is 105 cm³/mol. The number of halogens is 1. The Labute approximate surface area is 158 Å². The quantitative estimate of drug-likeness (QED) is 0.618. The fourth-order valence-electron chi connectivity index (χ4n) is 2.90. The first-order valence-corrected chi connectivity index (χ1v) is 8.97. The summed E-state index contributed by atoms with van der Waals surface area (Å²) in [6, 6.07) is 15.4. The average Bonchev–Trinajstić information content (AvgIpc) is 2.54. The minimum atomic E-state index is -0.326. The molecule has 6 heteroatoms. The maximum Gasteiger partial charge on any atom is 0.230 e. The Kier molecular flexibility index (Phi) is 6.25. The summed E-state index contributed by atoms with van der Waals surface area (Å²) in [6.07, 6.45) is 0.713. The molecule has 2 aromatic rings. The second-order valence-corrected chi connectivity index (χ2v) is 7.63. The molecule has 0 saturated heterocycles. The molecule has 1 amide bonds. The van der Waals surface area contributed by atoms with Crippen LogP contribution in [0.25, 0.3) is 0 Å². The van der Waals surface area contributed by atoms with Crippen molar-refractivity contribution in [3.05, 3.63) is 54.1 Å². The number of benzene rings is 2. The molecule has 1 aliphatic heterocycles. The lowest BCUT2D eigenvalue weighted by Crippen LogP contribution is -2.41. The Hall–Kier alpha value is -1.85. The number of nitrogen functional groups attached to an aromatic ring is 1. The van der Waals surface area contributed by atoms with Crippen molar-refractivity contribution in [1.82, 2.24) is 5.32 Å². The molecule has 0 aromatic heterocycles. The van der Waals surface area contributed by atoms with Gasteiger partial charge in [0, 0.05) is 22.6 Å². The van der Waals surface area contributed by atoms with E-state index < -0.39 is 0 Å². The van der Waals surface area contributed by atoms with Crippen LogP contribution in [-0.4, -0.2) is 17.3 Å². The van der Waals surface area contributed by atoms with Gasteiger partial charge in [-0.3, -0.25) is 4.79 Å². The second-order valence-electron chi connectivity index (χ2n) is 6.58. The molecule has 3 N–H and O–H groups in total. The highest BCUT2D eigenvalue weighted by Crippen LogP contribution is 2.40. The zero-order valence-corrected chi connectivity index (χ0v) is 16.0. The van der Waals surface area contributed by atoms with Gasteiger partial charge in [0.25, 0.3) is 0 Å². The van der Waals surface area contributed by atoms with Crippen LogP contribution in [0.4, 0.5) is 5.69 Å². The first-order valence-electron chi connectivity index (χ1n) is 7.99. The molecule has 1 heterocycles. The van der Waals surface area contributed by atoms with Gasteiger partial charge in [-0.1, -0.05) is 18.2 Å². The average molecular weight is 379 g/mol. The van der Waals surface area contributed by atoms with Gasteiger partial charge in [0.1, 0.15) is 11.4 Å². The van der Waals surface area contributed by atoms with E-state index in [0.717, 1.165) is 16.2 Å². The maximum absolute atomic E-state index is 12.4. The lowest BCUT2D eigenvalue weighted by Gasteiger charge is -2.38. The van der Waals surface area contributed by atoms with Crippen LogP contribution >= 0.6 is 24.2 Å². The van der Waals surface area contributed by atoms with Crippen molar-refractivity contribution in [3.8, 4) is 5.75 Å². The summed E-state index contributed by atoms with van der Waals surface area (Å²) in [5, 5.41) is 3.13. The summed E-state index contributed by atoms with van der Waals surface area (Å²) in [7, 11) is 0. The Morgan fingerprint density at radius 2 is 2.00 bits per heavy atom. The van der Waals surface area contributed by atoms with E-state index in [4.69, 9.17) is 10.5 Å². The number of anilines is 1. The number of ether oxygens (including phenoxy) is 1. The van der Waals surface area contributed by atoms with Gasteiger partial charge in [0.05, 0.1) is 11.8 Å². The molecule has 0 saturated carbocycles. The van der Waals surface area contributed by atoms with Crippen LogP contribution in [0, 0.1) is 0 Å². The third-order valence-corrected chi connectivity index (χ3v) is 4.95. The molecular formula is C19H23ClN2O2S. The van der Waals surface area contributed by atoms with Gasteiger partial charge in [-0.05, 0) is 44.2 Å². The van der Waals surface area contributed by atoms with Crippen molar-refractivity contribution in [2.45, 2.75) is 36.8 Å². The van der Waals surface area contributed by atoms with E-state index in [1.165, 1.54) is 11.8 Å². The van der Waals surface area contributed by atoms with Crippen LogP contribution in [0.3, 0.4) is 0 Å². The van der Waals surface area contributed by atoms with Gasteiger partial charge in [0.15, 0.2) is 0 Å². The summed E-state index contributed by atoms with van der Waals surface area (Å²) in [5.41, 5.74) is 7.21. The largest absolute Gasteiger partial charge is 0.487 e. The van der Waals surface area contributed by atoms with Crippen LogP contribution in [-0.2, 0) is 4.79 Å². The molecule has 0 aliphatic carbocycles. The molecule has 0 fully saturated rings. The Bertz CT molecular complexity index is 737. The van der Waals surface area contributed by atoms with E-state index in [1.807, 2.05) is 62.4 Å². The van der Waals surface area contributed by atoms with Crippen LogP contribution < -0.4 is 15.8 Å². The van der Waals surface area contributed by atoms with Gasteiger partial charge in [-0.2, -0.15) is 0 Å². The third-order valence-electron chi connectivity index (χ3n) is 3.94. The number of hydrogen-bond donors (Lipinski definition) is 2. The SMILES string of the molecule is CC1(C)CC(NC(=O)CSc2ccccc2)c2cc(N)ccc2O1.Cl. The van der Waals surface area contributed by atoms with Gasteiger partial charge in [0.2, 0.25) is 5.91 Å². The number of amides is 1. The fourth-order valence-corrected chi connectivity index (χ4v) is 3.63. The summed E-state index contributed by atoms with van der Waals surface area (Å²) in [4.78, 5) is 13.5. The first kappa shape index (κ1) is 19.5. The van der Waals surface area contributed by atoms with Crippen molar-refractivity contribution in [3.63, 3.8) is 0 Å². The lowest BCUT2D eigenvalue weighted by atomic mass is 9.89. The normalized spacial score (nSPS) is 17.6. The number of hydrogen-bond acceptors (Lipinski definition) is 4. The zero-order chi connectivity index (χ0) is 17.2. The molecule has 134 valence electrons. The van der Waals surface area contributed by atoms with Crippen LogP contribution in [0.1, 0.15) is 31.9 Å². The number of fused-ring (bicyclic) bond motifs is 1. The molecule has 1 atom stereocenters. The van der Waals surface area contributed by atoms with Gasteiger partial charge in [-0.15, -0.1) is 24.2 Å². The molecule has 0 spiro atoms.